The molecule has 16 heavy (non-hydrogen) atoms. The molecule has 0 aliphatic heterocycles. The summed E-state index contributed by atoms with van der Waals surface area (Å²) in [6, 6.07) is 2.03. The zero-order valence-electron chi connectivity index (χ0n) is 9.74. The number of benzene rings is 1. The van der Waals surface area contributed by atoms with Gasteiger partial charge in [-0.1, -0.05) is 15.9 Å². The van der Waals surface area contributed by atoms with E-state index >= 15 is 0 Å². The Morgan fingerprint density at radius 1 is 1.38 bits per heavy atom. The average Bonchev–Trinajstić information content (AvgIpc) is 2.98. The predicted molar refractivity (Wildman–Crippen MR) is 68.0 cm³/mol. The van der Waals surface area contributed by atoms with Gasteiger partial charge in [0, 0.05) is 10.0 Å². The Labute approximate surface area is 104 Å². The molecule has 0 saturated heterocycles. The van der Waals surface area contributed by atoms with Crippen molar-refractivity contribution in [2.75, 3.05) is 0 Å². The molecule has 0 atom stereocenters. The zero-order valence-corrected chi connectivity index (χ0v) is 11.3. The fourth-order valence-corrected chi connectivity index (χ4v) is 2.40. The van der Waals surface area contributed by atoms with Crippen molar-refractivity contribution < 1.29 is 4.39 Å². The summed E-state index contributed by atoms with van der Waals surface area (Å²) in [5, 5.41) is 0. The molecule has 1 fully saturated rings. The summed E-state index contributed by atoms with van der Waals surface area (Å²) < 4.78 is 14.7. The van der Waals surface area contributed by atoms with E-state index in [0.29, 0.717) is 5.56 Å². The molecule has 1 aliphatic carbocycles. The Morgan fingerprint density at radius 2 is 2.00 bits per heavy atom. The third kappa shape index (κ3) is 2.30. The van der Waals surface area contributed by atoms with Gasteiger partial charge in [0.25, 0.3) is 0 Å². The molecule has 0 unspecified atom stereocenters. The smallest absolute Gasteiger partial charge is 0.130 e. The van der Waals surface area contributed by atoms with Crippen LogP contribution in [0.4, 0.5) is 4.39 Å². The molecule has 0 radical (unpaired) electrons. The first kappa shape index (κ1) is 12.1. The average molecular weight is 286 g/mol. The maximum absolute atomic E-state index is 13.8. The van der Waals surface area contributed by atoms with Gasteiger partial charge in [0.15, 0.2) is 0 Å². The number of nitrogens with two attached hydrogens (primary N) is 1. The lowest BCUT2D eigenvalue weighted by Crippen LogP contribution is -2.22. The second-order valence-electron chi connectivity index (χ2n) is 4.94. The first-order valence-corrected chi connectivity index (χ1v) is 6.45. The van der Waals surface area contributed by atoms with Crippen LogP contribution in [0.1, 0.15) is 36.0 Å². The fourth-order valence-electron chi connectivity index (χ4n) is 1.95. The van der Waals surface area contributed by atoms with Gasteiger partial charge in [-0.25, -0.2) is 4.39 Å². The van der Waals surface area contributed by atoms with Gasteiger partial charge in [-0.05, 0) is 62.3 Å². The summed E-state index contributed by atoms with van der Waals surface area (Å²) in [6.45, 7) is 3.64. The van der Waals surface area contributed by atoms with E-state index in [1.54, 1.807) is 6.92 Å². The molecule has 0 aromatic heterocycles. The van der Waals surface area contributed by atoms with E-state index in [9.17, 15) is 4.39 Å². The molecule has 0 bridgehead atoms. The molecule has 1 saturated carbocycles. The van der Waals surface area contributed by atoms with Crippen LogP contribution >= 0.6 is 15.9 Å². The van der Waals surface area contributed by atoms with Gasteiger partial charge in [-0.2, -0.15) is 0 Å². The minimum atomic E-state index is -0.0914. The normalized spacial score (nSPS) is 17.6. The van der Waals surface area contributed by atoms with Gasteiger partial charge in [0.2, 0.25) is 0 Å². The number of rotatable bonds is 3. The van der Waals surface area contributed by atoms with Crippen LogP contribution in [0.15, 0.2) is 10.5 Å². The van der Waals surface area contributed by atoms with Gasteiger partial charge in [0.05, 0.1) is 0 Å². The molecule has 1 aromatic carbocycles. The molecule has 0 amide bonds. The van der Waals surface area contributed by atoms with Crippen LogP contribution in [0.5, 0.6) is 0 Å². The lowest BCUT2D eigenvalue weighted by Gasteiger charge is -2.13. The second kappa shape index (κ2) is 4.11. The quantitative estimate of drug-likeness (QED) is 0.902. The van der Waals surface area contributed by atoms with Crippen LogP contribution < -0.4 is 5.73 Å². The zero-order chi connectivity index (χ0) is 11.9. The van der Waals surface area contributed by atoms with Gasteiger partial charge < -0.3 is 5.73 Å². The fraction of sp³-hybridized carbons (Fsp3) is 0.538. The first-order chi connectivity index (χ1) is 7.43. The van der Waals surface area contributed by atoms with Crippen LogP contribution in [-0.4, -0.2) is 5.54 Å². The van der Waals surface area contributed by atoms with Crippen LogP contribution in [-0.2, 0) is 6.42 Å². The molecule has 1 nitrogen and oxygen atoms in total. The molecular formula is C13H17BrFN. The monoisotopic (exact) mass is 285 g/mol. The van der Waals surface area contributed by atoms with Gasteiger partial charge in [-0.3, -0.25) is 0 Å². The summed E-state index contributed by atoms with van der Waals surface area (Å²) in [5.41, 5.74) is 8.62. The van der Waals surface area contributed by atoms with E-state index < -0.39 is 0 Å². The van der Waals surface area contributed by atoms with E-state index in [1.165, 1.54) is 0 Å². The molecular weight excluding hydrogens is 269 g/mol. The third-order valence-corrected chi connectivity index (χ3v) is 4.41. The Hall–Kier alpha value is -0.410. The Morgan fingerprint density at radius 3 is 2.56 bits per heavy atom. The highest BCUT2D eigenvalue weighted by Gasteiger charge is 2.37. The molecule has 0 heterocycles. The lowest BCUT2D eigenvalue weighted by molar-refractivity contribution is 0.587. The van der Waals surface area contributed by atoms with E-state index in [2.05, 4.69) is 15.9 Å². The van der Waals surface area contributed by atoms with Crippen molar-refractivity contribution in [1.29, 1.82) is 0 Å². The number of halogens is 2. The molecule has 3 heteroatoms. The van der Waals surface area contributed by atoms with Crippen molar-refractivity contribution in [3.8, 4) is 0 Å². The highest BCUT2D eigenvalue weighted by Crippen LogP contribution is 2.37. The van der Waals surface area contributed by atoms with Crippen molar-refractivity contribution in [1.82, 2.24) is 0 Å². The van der Waals surface area contributed by atoms with E-state index in [4.69, 9.17) is 5.73 Å². The number of hydrogen-bond donors (Lipinski definition) is 1. The second-order valence-corrected chi connectivity index (χ2v) is 5.80. The summed E-state index contributed by atoms with van der Waals surface area (Å²) >= 11 is 3.40. The Bertz CT molecular complexity index is 424. The largest absolute Gasteiger partial charge is 0.325 e. The maximum atomic E-state index is 13.8. The molecule has 2 rings (SSSR count). The minimum Gasteiger partial charge on any atom is -0.325 e. The van der Waals surface area contributed by atoms with Crippen LogP contribution in [0.25, 0.3) is 0 Å². The Balaban J connectivity index is 2.20. The highest BCUT2D eigenvalue weighted by molar-refractivity contribution is 9.10. The number of aryl methyl sites for hydroxylation is 1. The molecule has 88 valence electrons. The van der Waals surface area contributed by atoms with Crippen LogP contribution in [0.3, 0.4) is 0 Å². The Kier molecular flexibility index (Phi) is 3.10. The summed E-state index contributed by atoms with van der Waals surface area (Å²) in [7, 11) is 0. The number of hydrogen-bond acceptors (Lipinski definition) is 1. The molecule has 1 aromatic rings. The molecule has 2 N–H and O–H groups in total. The van der Waals surface area contributed by atoms with Crippen molar-refractivity contribution in [3.05, 3.63) is 33.0 Å². The van der Waals surface area contributed by atoms with Gasteiger partial charge in [-0.15, -0.1) is 0 Å². The SMILES string of the molecule is Cc1c(Br)cc(CCC2(N)CC2)c(C)c1F. The topological polar surface area (TPSA) is 26.0 Å². The highest BCUT2D eigenvalue weighted by atomic mass is 79.9. The first-order valence-electron chi connectivity index (χ1n) is 5.66. The van der Waals surface area contributed by atoms with Crippen LogP contribution in [0, 0.1) is 19.7 Å². The summed E-state index contributed by atoms with van der Waals surface area (Å²) in [6.07, 6.45) is 4.06. The van der Waals surface area contributed by atoms with Gasteiger partial charge >= 0.3 is 0 Å². The summed E-state index contributed by atoms with van der Waals surface area (Å²) in [5.74, 6) is -0.0914. The standard InChI is InChI=1S/C13H17BrFN/c1-8-10(3-4-13(16)5-6-13)7-11(14)9(2)12(8)15/h7H,3-6,16H2,1-2H3. The third-order valence-electron chi connectivity index (χ3n) is 3.58. The van der Waals surface area contributed by atoms with Crippen molar-refractivity contribution in [3.63, 3.8) is 0 Å². The predicted octanol–water partition coefficient (Wildman–Crippen LogP) is 3.63. The molecule has 1 aliphatic rings. The molecule has 0 spiro atoms. The van der Waals surface area contributed by atoms with Crippen molar-refractivity contribution >= 4 is 15.9 Å². The van der Waals surface area contributed by atoms with Crippen molar-refractivity contribution in [2.45, 2.75) is 45.1 Å². The van der Waals surface area contributed by atoms with E-state index in [1.807, 2.05) is 13.0 Å². The van der Waals surface area contributed by atoms with E-state index in [-0.39, 0.29) is 11.4 Å². The van der Waals surface area contributed by atoms with Gasteiger partial charge in [0.1, 0.15) is 5.82 Å². The summed E-state index contributed by atoms with van der Waals surface area (Å²) in [4.78, 5) is 0. The minimum absolute atomic E-state index is 0.0419. The van der Waals surface area contributed by atoms with Crippen molar-refractivity contribution in [2.24, 2.45) is 5.73 Å². The lowest BCUT2D eigenvalue weighted by atomic mass is 9.98. The van der Waals surface area contributed by atoms with E-state index in [0.717, 1.165) is 41.3 Å². The maximum Gasteiger partial charge on any atom is 0.130 e. The van der Waals surface area contributed by atoms with Crippen LogP contribution in [0.2, 0.25) is 0 Å².